The monoisotopic (exact) mass is 436 g/mol. The Morgan fingerprint density at radius 2 is 1.87 bits per heavy atom. The van der Waals surface area contributed by atoms with Crippen molar-refractivity contribution < 1.29 is 23.9 Å². The minimum atomic E-state index is -0.801. The lowest BCUT2D eigenvalue weighted by molar-refractivity contribution is -0.148. The molecule has 0 spiro atoms. The van der Waals surface area contributed by atoms with E-state index in [2.05, 4.69) is 5.32 Å². The Kier molecular flexibility index (Phi) is 7.39. The van der Waals surface area contributed by atoms with Crippen LogP contribution in [-0.2, 0) is 19.1 Å². The number of benzene rings is 1. The fraction of sp³-hybridized carbons (Fsp3) is 0.545. The highest BCUT2D eigenvalue weighted by Gasteiger charge is 2.38. The van der Waals surface area contributed by atoms with Gasteiger partial charge < -0.3 is 19.6 Å². The minimum absolute atomic E-state index is 0.196. The highest BCUT2D eigenvalue weighted by molar-refractivity contribution is 6.31. The number of carbonyl (C=O) groups is 2. The SMILES string of the molecule is CCOC(=O)OC1=C(c2c(C)cc(Cl)cc2C)C(=O)NC1CC1CCN(OC)CC1. The largest absolute Gasteiger partial charge is 0.513 e. The molecule has 1 amide bonds. The van der Waals surface area contributed by atoms with Gasteiger partial charge in [-0.15, -0.1) is 0 Å². The number of hydrogen-bond acceptors (Lipinski definition) is 6. The number of ether oxygens (including phenoxy) is 2. The number of carbonyl (C=O) groups excluding carboxylic acids is 2. The van der Waals surface area contributed by atoms with E-state index in [4.69, 9.17) is 25.9 Å². The fourth-order valence-corrected chi connectivity index (χ4v) is 4.64. The molecule has 2 heterocycles. The highest BCUT2D eigenvalue weighted by Crippen LogP contribution is 2.36. The van der Waals surface area contributed by atoms with E-state index in [1.165, 1.54) is 0 Å². The lowest BCUT2D eigenvalue weighted by Gasteiger charge is -2.31. The number of nitrogens with zero attached hydrogens (tertiary/aromatic N) is 1. The summed E-state index contributed by atoms with van der Waals surface area (Å²) in [6.45, 7) is 7.36. The molecule has 1 saturated heterocycles. The number of hydroxylamine groups is 2. The van der Waals surface area contributed by atoms with Crippen LogP contribution in [0.5, 0.6) is 0 Å². The van der Waals surface area contributed by atoms with Gasteiger partial charge in [0.05, 0.1) is 25.3 Å². The summed E-state index contributed by atoms with van der Waals surface area (Å²) in [6.07, 6.45) is 1.78. The Bertz CT molecular complexity index is 823. The van der Waals surface area contributed by atoms with Crippen LogP contribution in [0.2, 0.25) is 5.02 Å². The first-order valence-corrected chi connectivity index (χ1v) is 10.7. The normalized spacial score (nSPS) is 20.4. The predicted octanol–water partition coefficient (Wildman–Crippen LogP) is 4.00. The first kappa shape index (κ1) is 22.6. The van der Waals surface area contributed by atoms with Crippen LogP contribution in [0.3, 0.4) is 0 Å². The van der Waals surface area contributed by atoms with Gasteiger partial charge in [0.15, 0.2) is 0 Å². The van der Waals surface area contributed by atoms with E-state index in [9.17, 15) is 9.59 Å². The fourth-order valence-electron chi connectivity index (χ4n) is 4.31. The molecule has 0 radical (unpaired) electrons. The van der Waals surface area contributed by atoms with E-state index < -0.39 is 6.16 Å². The maximum Gasteiger partial charge on any atom is 0.513 e. The average molecular weight is 437 g/mol. The van der Waals surface area contributed by atoms with Gasteiger partial charge in [-0.1, -0.05) is 11.6 Å². The Labute approximate surface area is 182 Å². The van der Waals surface area contributed by atoms with E-state index in [0.717, 1.165) is 42.6 Å². The van der Waals surface area contributed by atoms with Gasteiger partial charge in [-0.2, -0.15) is 5.06 Å². The first-order valence-electron chi connectivity index (χ1n) is 10.3. The van der Waals surface area contributed by atoms with Crippen LogP contribution in [0, 0.1) is 19.8 Å². The summed E-state index contributed by atoms with van der Waals surface area (Å²) >= 11 is 6.17. The van der Waals surface area contributed by atoms with Crippen molar-refractivity contribution in [3.63, 3.8) is 0 Å². The molecule has 0 bridgehead atoms. The van der Waals surface area contributed by atoms with E-state index in [1.807, 2.05) is 18.9 Å². The van der Waals surface area contributed by atoms with Gasteiger partial charge in [-0.3, -0.25) is 4.79 Å². The van der Waals surface area contributed by atoms with Gasteiger partial charge >= 0.3 is 6.16 Å². The van der Waals surface area contributed by atoms with Crippen LogP contribution in [0.1, 0.15) is 42.9 Å². The number of rotatable bonds is 6. The van der Waals surface area contributed by atoms with Gasteiger partial charge in [0, 0.05) is 18.1 Å². The summed E-state index contributed by atoms with van der Waals surface area (Å²) in [7, 11) is 1.68. The molecular weight excluding hydrogens is 408 g/mol. The second kappa shape index (κ2) is 9.81. The molecule has 1 aromatic carbocycles. The molecule has 8 heteroatoms. The number of halogens is 1. The zero-order chi connectivity index (χ0) is 21.8. The quantitative estimate of drug-likeness (QED) is 0.679. The van der Waals surface area contributed by atoms with Crippen molar-refractivity contribution >= 4 is 29.2 Å². The standard InChI is InChI=1S/C22H29ClN2O5/c1-5-29-22(27)30-20-17(12-15-6-8-25(28-4)9-7-15)24-21(26)19(20)18-13(2)10-16(23)11-14(18)3/h10-11,15,17H,5-9,12H2,1-4H3,(H,24,26). The van der Waals surface area contributed by atoms with E-state index in [1.54, 1.807) is 26.2 Å². The van der Waals surface area contributed by atoms with Crippen LogP contribution < -0.4 is 5.32 Å². The predicted molar refractivity (Wildman–Crippen MR) is 114 cm³/mol. The lowest BCUT2D eigenvalue weighted by Crippen LogP contribution is -2.37. The molecule has 1 fully saturated rings. The van der Waals surface area contributed by atoms with Crippen LogP contribution >= 0.6 is 11.6 Å². The number of piperidine rings is 1. The third kappa shape index (κ3) is 4.96. The number of amides is 1. The van der Waals surface area contributed by atoms with Gasteiger partial charge in [0.1, 0.15) is 5.76 Å². The molecule has 1 unspecified atom stereocenters. The summed E-state index contributed by atoms with van der Waals surface area (Å²) in [5, 5.41) is 5.55. The van der Waals surface area contributed by atoms with Gasteiger partial charge in [-0.05, 0) is 74.8 Å². The van der Waals surface area contributed by atoms with Gasteiger partial charge in [-0.25, -0.2) is 4.79 Å². The van der Waals surface area contributed by atoms with Crippen molar-refractivity contribution in [1.29, 1.82) is 0 Å². The zero-order valence-corrected chi connectivity index (χ0v) is 18.7. The molecule has 2 aliphatic rings. The van der Waals surface area contributed by atoms with Crippen molar-refractivity contribution in [1.82, 2.24) is 10.4 Å². The number of hydrogen-bond donors (Lipinski definition) is 1. The maximum absolute atomic E-state index is 13.0. The Morgan fingerprint density at radius 3 is 2.43 bits per heavy atom. The van der Waals surface area contributed by atoms with Crippen molar-refractivity contribution in [2.45, 2.75) is 46.1 Å². The van der Waals surface area contributed by atoms with Crippen LogP contribution in [-0.4, -0.2) is 50.0 Å². The van der Waals surface area contributed by atoms with E-state index >= 15 is 0 Å². The molecule has 164 valence electrons. The topological polar surface area (TPSA) is 77.1 Å². The third-order valence-electron chi connectivity index (χ3n) is 5.70. The number of aryl methyl sites for hydroxylation is 2. The molecule has 1 atom stereocenters. The molecule has 0 aliphatic carbocycles. The lowest BCUT2D eigenvalue weighted by atomic mass is 9.89. The summed E-state index contributed by atoms with van der Waals surface area (Å²) in [6, 6.07) is 3.23. The van der Waals surface area contributed by atoms with Crippen LogP contribution in [0.4, 0.5) is 4.79 Å². The van der Waals surface area contributed by atoms with Crippen molar-refractivity contribution in [3.05, 3.63) is 39.6 Å². The summed E-state index contributed by atoms with van der Waals surface area (Å²) < 4.78 is 10.6. The Hall–Kier alpha value is -2.09. The second-order valence-electron chi connectivity index (χ2n) is 7.76. The first-order chi connectivity index (χ1) is 14.3. The molecule has 1 N–H and O–H groups in total. The van der Waals surface area contributed by atoms with Crippen molar-refractivity contribution in [3.8, 4) is 0 Å². The van der Waals surface area contributed by atoms with Crippen LogP contribution in [0.25, 0.3) is 5.57 Å². The summed E-state index contributed by atoms with van der Waals surface area (Å²) in [5.74, 6) is 0.470. The minimum Gasteiger partial charge on any atom is -0.434 e. The molecule has 1 aromatic rings. The van der Waals surface area contributed by atoms with E-state index in [-0.39, 0.29) is 18.6 Å². The average Bonchev–Trinajstić information content (AvgIpc) is 2.97. The van der Waals surface area contributed by atoms with Gasteiger partial charge in [0.25, 0.3) is 5.91 Å². The van der Waals surface area contributed by atoms with Crippen molar-refractivity contribution in [2.75, 3.05) is 26.8 Å². The molecule has 0 aromatic heterocycles. The van der Waals surface area contributed by atoms with E-state index in [0.29, 0.717) is 28.7 Å². The zero-order valence-electron chi connectivity index (χ0n) is 17.9. The molecule has 0 saturated carbocycles. The Morgan fingerprint density at radius 1 is 1.23 bits per heavy atom. The highest BCUT2D eigenvalue weighted by atomic mass is 35.5. The van der Waals surface area contributed by atoms with Crippen molar-refractivity contribution in [2.24, 2.45) is 5.92 Å². The molecule has 2 aliphatic heterocycles. The Balaban J connectivity index is 1.94. The second-order valence-corrected chi connectivity index (χ2v) is 8.19. The molecule has 7 nitrogen and oxygen atoms in total. The van der Waals surface area contributed by atoms with Crippen LogP contribution in [0.15, 0.2) is 17.9 Å². The molecule has 30 heavy (non-hydrogen) atoms. The smallest absolute Gasteiger partial charge is 0.434 e. The summed E-state index contributed by atoms with van der Waals surface area (Å²) in [4.78, 5) is 30.5. The maximum atomic E-state index is 13.0. The molecular formula is C22H29ClN2O5. The summed E-state index contributed by atoms with van der Waals surface area (Å²) in [5.41, 5.74) is 2.83. The third-order valence-corrected chi connectivity index (χ3v) is 5.92. The molecule has 3 rings (SSSR count). The number of nitrogens with one attached hydrogen (secondary N) is 1. The van der Waals surface area contributed by atoms with Gasteiger partial charge in [0.2, 0.25) is 0 Å².